The lowest BCUT2D eigenvalue weighted by Gasteiger charge is -2.10. The monoisotopic (exact) mass is 324 g/mol. The molecule has 0 unspecified atom stereocenters. The van der Waals surface area contributed by atoms with Crippen molar-refractivity contribution >= 4 is 33.2 Å². The van der Waals surface area contributed by atoms with E-state index in [1.165, 1.54) is 24.3 Å². The standard InChI is InChI=1S/C14H13ClN2O3S/c1-9-6-10(8-11(15)7-9)14(18)17-12-4-2-3-5-13(12)21(16,19)20/h2-8H,1H3,(H,17,18)(H2,16,19,20). The van der Waals surface area contributed by atoms with Gasteiger partial charge in [-0.25, -0.2) is 13.6 Å². The van der Waals surface area contributed by atoms with Gasteiger partial charge in [0, 0.05) is 10.6 Å². The molecular weight excluding hydrogens is 312 g/mol. The lowest BCUT2D eigenvalue weighted by Crippen LogP contribution is -2.18. The second-order valence-corrected chi connectivity index (χ2v) is 6.48. The van der Waals surface area contributed by atoms with E-state index in [0.29, 0.717) is 10.6 Å². The highest BCUT2D eigenvalue weighted by molar-refractivity contribution is 7.89. The van der Waals surface area contributed by atoms with E-state index >= 15 is 0 Å². The highest BCUT2D eigenvalue weighted by atomic mass is 35.5. The van der Waals surface area contributed by atoms with Gasteiger partial charge in [-0.2, -0.15) is 0 Å². The number of carbonyl (C=O) groups excluding carboxylic acids is 1. The largest absolute Gasteiger partial charge is 0.321 e. The number of sulfonamides is 1. The third-order valence-corrected chi connectivity index (χ3v) is 3.93. The van der Waals surface area contributed by atoms with Gasteiger partial charge in [0.05, 0.1) is 5.69 Å². The summed E-state index contributed by atoms with van der Waals surface area (Å²) in [6.07, 6.45) is 0. The number of hydrogen-bond donors (Lipinski definition) is 2. The van der Waals surface area contributed by atoms with Gasteiger partial charge >= 0.3 is 0 Å². The van der Waals surface area contributed by atoms with Crippen LogP contribution in [0.5, 0.6) is 0 Å². The van der Waals surface area contributed by atoms with Crippen molar-refractivity contribution in [2.75, 3.05) is 5.32 Å². The van der Waals surface area contributed by atoms with E-state index in [-0.39, 0.29) is 10.6 Å². The maximum Gasteiger partial charge on any atom is 0.255 e. The Morgan fingerprint density at radius 3 is 2.48 bits per heavy atom. The first-order valence-electron chi connectivity index (χ1n) is 5.98. The fourth-order valence-corrected chi connectivity index (χ4v) is 2.86. The number of para-hydroxylation sites is 1. The van der Waals surface area contributed by atoms with Crippen molar-refractivity contribution in [2.24, 2.45) is 5.14 Å². The quantitative estimate of drug-likeness (QED) is 0.909. The van der Waals surface area contributed by atoms with Gasteiger partial charge in [0.25, 0.3) is 5.91 Å². The Balaban J connectivity index is 2.37. The maximum atomic E-state index is 12.2. The summed E-state index contributed by atoms with van der Waals surface area (Å²) in [5.74, 6) is -0.461. The zero-order chi connectivity index (χ0) is 15.6. The molecule has 0 saturated heterocycles. The number of primary sulfonamides is 1. The van der Waals surface area contributed by atoms with Gasteiger partial charge in [-0.05, 0) is 42.8 Å². The Labute approximate surface area is 127 Å². The minimum atomic E-state index is -3.92. The Morgan fingerprint density at radius 2 is 1.86 bits per heavy atom. The summed E-state index contributed by atoms with van der Waals surface area (Å²) in [5, 5.41) is 8.08. The number of carbonyl (C=O) groups is 1. The minimum Gasteiger partial charge on any atom is -0.321 e. The van der Waals surface area contributed by atoms with Crippen LogP contribution in [0.25, 0.3) is 0 Å². The van der Waals surface area contributed by atoms with E-state index in [1.54, 1.807) is 25.1 Å². The van der Waals surface area contributed by atoms with Crippen molar-refractivity contribution in [2.45, 2.75) is 11.8 Å². The summed E-state index contributed by atoms with van der Waals surface area (Å²) in [5.41, 5.74) is 1.29. The molecule has 0 fully saturated rings. The Hall–Kier alpha value is -1.89. The minimum absolute atomic E-state index is 0.127. The van der Waals surface area contributed by atoms with Crippen LogP contribution in [-0.2, 0) is 10.0 Å². The third-order valence-electron chi connectivity index (χ3n) is 2.75. The average molecular weight is 325 g/mol. The van der Waals surface area contributed by atoms with E-state index in [0.717, 1.165) is 5.56 Å². The summed E-state index contributed by atoms with van der Waals surface area (Å²) in [7, 11) is -3.92. The Morgan fingerprint density at radius 1 is 1.19 bits per heavy atom. The molecule has 0 saturated carbocycles. The van der Waals surface area contributed by atoms with Gasteiger partial charge in [0.2, 0.25) is 10.0 Å². The number of anilines is 1. The normalized spacial score (nSPS) is 11.2. The van der Waals surface area contributed by atoms with E-state index in [9.17, 15) is 13.2 Å². The van der Waals surface area contributed by atoms with Crippen LogP contribution >= 0.6 is 11.6 Å². The maximum absolute atomic E-state index is 12.2. The number of aryl methyl sites for hydroxylation is 1. The molecule has 2 rings (SSSR count). The van der Waals surface area contributed by atoms with Crippen molar-refractivity contribution in [3.63, 3.8) is 0 Å². The van der Waals surface area contributed by atoms with Gasteiger partial charge < -0.3 is 5.32 Å². The van der Waals surface area contributed by atoms with E-state index in [2.05, 4.69) is 5.32 Å². The fraction of sp³-hybridized carbons (Fsp3) is 0.0714. The lowest BCUT2D eigenvalue weighted by atomic mass is 10.1. The number of benzene rings is 2. The van der Waals surface area contributed by atoms with Gasteiger partial charge in [0.1, 0.15) is 4.90 Å². The summed E-state index contributed by atoms with van der Waals surface area (Å²) in [6, 6.07) is 10.8. The van der Waals surface area contributed by atoms with E-state index < -0.39 is 15.9 Å². The lowest BCUT2D eigenvalue weighted by molar-refractivity contribution is 0.102. The van der Waals surface area contributed by atoms with Crippen LogP contribution in [0.1, 0.15) is 15.9 Å². The number of hydrogen-bond acceptors (Lipinski definition) is 3. The topological polar surface area (TPSA) is 89.3 Å². The van der Waals surface area contributed by atoms with Crippen molar-refractivity contribution in [1.29, 1.82) is 0 Å². The summed E-state index contributed by atoms with van der Waals surface area (Å²) >= 11 is 5.91. The van der Waals surface area contributed by atoms with Gasteiger partial charge in [-0.3, -0.25) is 4.79 Å². The molecule has 0 aromatic heterocycles. The number of nitrogens with one attached hydrogen (secondary N) is 1. The molecule has 0 atom stereocenters. The number of rotatable bonds is 3. The van der Waals surface area contributed by atoms with E-state index in [4.69, 9.17) is 16.7 Å². The van der Waals surface area contributed by atoms with Crippen LogP contribution in [-0.4, -0.2) is 14.3 Å². The summed E-state index contributed by atoms with van der Waals surface area (Å²) in [4.78, 5) is 12.1. The molecule has 5 nitrogen and oxygen atoms in total. The van der Waals surface area contributed by atoms with Crippen LogP contribution in [0, 0.1) is 6.92 Å². The second-order valence-electron chi connectivity index (χ2n) is 4.51. The second kappa shape index (κ2) is 5.85. The summed E-state index contributed by atoms with van der Waals surface area (Å²) in [6.45, 7) is 1.81. The van der Waals surface area contributed by atoms with Crippen molar-refractivity contribution in [3.05, 3.63) is 58.6 Å². The molecule has 7 heteroatoms. The van der Waals surface area contributed by atoms with E-state index in [1.807, 2.05) is 0 Å². The first-order valence-corrected chi connectivity index (χ1v) is 7.90. The van der Waals surface area contributed by atoms with Gasteiger partial charge in [-0.15, -0.1) is 0 Å². The van der Waals surface area contributed by atoms with Crippen molar-refractivity contribution in [3.8, 4) is 0 Å². The predicted molar refractivity (Wildman–Crippen MR) is 82.0 cm³/mol. The predicted octanol–water partition coefficient (Wildman–Crippen LogP) is 2.55. The number of nitrogens with two attached hydrogens (primary N) is 1. The van der Waals surface area contributed by atoms with Crippen molar-refractivity contribution in [1.82, 2.24) is 0 Å². The van der Waals surface area contributed by atoms with Crippen molar-refractivity contribution < 1.29 is 13.2 Å². The van der Waals surface area contributed by atoms with Crippen LogP contribution in [0.2, 0.25) is 5.02 Å². The Kier molecular flexibility index (Phi) is 4.32. The highest BCUT2D eigenvalue weighted by Gasteiger charge is 2.16. The smallest absolute Gasteiger partial charge is 0.255 e. The first kappa shape index (κ1) is 15.5. The molecule has 0 aliphatic heterocycles. The van der Waals surface area contributed by atoms with Gasteiger partial charge in [-0.1, -0.05) is 23.7 Å². The SMILES string of the molecule is Cc1cc(Cl)cc(C(=O)Nc2ccccc2S(N)(=O)=O)c1. The zero-order valence-electron chi connectivity index (χ0n) is 11.1. The first-order chi connectivity index (χ1) is 9.77. The molecule has 0 aliphatic carbocycles. The molecule has 0 aliphatic rings. The van der Waals surface area contributed by atoms with Crippen LogP contribution in [0.4, 0.5) is 5.69 Å². The molecule has 0 bridgehead atoms. The molecule has 2 aromatic rings. The molecule has 110 valence electrons. The molecule has 0 heterocycles. The molecule has 21 heavy (non-hydrogen) atoms. The van der Waals surface area contributed by atoms with Crippen LogP contribution < -0.4 is 10.5 Å². The molecule has 0 spiro atoms. The molecular formula is C14H13ClN2O3S. The number of halogens is 1. The van der Waals surface area contributed by atoms with Crippen LogP contribution in [0.3, 0.4) is 0 Å². The Bertz CT molecular complexity index is 783. The average Bonchev–Trinajstić information content (AvgIpc) is 2.37. The molecule has 3 N–H and O–H groups in total. The van der Waals surface area contributed by atoms with Crippen LogP contribution in [0.15, 0.2) is 47.4 Å². The summed E-state index contributed by atoms with van der Waals surface area (Å²) < 4.78 is 23.0. The molecule has 2 aromatic carbocycles. The molecule has 0 radical (unpaired) electrons. The van der Waals surface area contributed by atoms with Gasteiger partial charge in [0.15, 0.2) is 0 Å². The molecule has 1 amide bonds. The highest BCUT2D eigenvalue weighted by Crippen LogP contribution is 2.21. The number of amides is 1. The zero-order valence-corrected chi connectivity index (χ0v) is 12.7. The fourth-order valence-electron chi connectivity index (χ4n) is 1.88. The third kappa shape index (κ3) is 3.81.